The number of hydrogen-bond donors (Lipinski definition) is 1. The van der Waals surface area contributed by atoms with Crippen molar-refractivity contribution in [2.75, 3.05) is 6.61 Å². The summed E-state index contributed by atoms with van der Waals surface area (Å²) in [5.74, 6) is 1.65. The minimum atomic E-state index is -0.490. The van der Waals surface area contributed by atoms with Gasteiger partial charge in [-0.15, -0.1) is 5.10 Å². The highest BCUT2D eigenvalue weighted by atomic mass is 35.5. The van der Waals surface area contributed by atoms with Crippen molar-refractivity contribution in [2.45, 2.75) is 19.6 Å². The van der Waals surface area contributed by atoms with Crippen LogP contribution in [-0.2, 0) is 5.75 Å². The van der Waals surface area contributed by atoms with Gasteiger partial charge in [-0.05, 0) is 55.3 Å². The van der Waals surface area contributed by atoms with E-state index in [4.69, 9.17) is 26.8 Å². The number of thioether (sulfide) groups is 1. The largest absolute Gasteiger partial charge is 0.490 e. The first-order valence-corrected chi connectivity index (χ1v) is 13.1. The number of rotatable bonds is 9. The van der Waals surface area contributed by atoms with Crippen LogP contribution in [0.3, 0.4) is 0 Å². The Balaban J connectivity index is 1.48. The van der Waals surface area contributed by atoms with Crippen molar-refractivity contribution >= 4 is 34.7 Å². The van der Waals surface area contributed by atoms with Gasteiger partial charge in [0.1, 0.15) is 0 Å². The number of halogens is 1. The molecule has 0 fully saturated rings. The molecular formula is C28H26ClN5O3S. The number of nitrogens with two attached hydrogens (primary N) is 1. The molecule has 1 aromatic heterocycles. The zero-order valence-electron chi connectivity index (χ0n) is 20.9. The third-order valence-corrected chi connectivity index (χ3v) is 6.45. The molecule has 0 atom stereocenters. The fourth-order valence-electron chi connectivity index (χ4n) is 3.35. The van der Waals surface area contributed by atoms with E-state index in [9.17, 15) is 4.79 Å². The predicted octanol–water partition coefficient (Wildman–Crippen LogP) is 5.97. The zero-order valence-corrected chi connectivity index (χ0v) is 22.4. The van der Waals surface area contributed by atoms with Crippen LogP contribution in [0.2, 0.25) is 5.02 Å². The summed E-state index contributed by atoms with van der Waals surface area (Å²) < 4.78 is 12.9. The smallest absolute Gasteiger partial charge is 0.294 e. The third-order valence-electron chi connectivity index (χ3n) is 5.25. The van der Waals surface area contributed by atoms with E-state index in [0.717, 1.165) is 16.7 Å². The van der Waals surface area contributed by atoms with Gasteiger partial charge in [0.2, 0.25) is 0 Å². The van der Waals surface area contributed by atoms with E-state index in [2.05, 4.69) is 15.3 Å². The highest BCUT2D eigenvalue weighted by Gasteiger charge is 2.15. The molecule has 0 saturated heterocycles. The van der Waals surface area contributed by atoms with E-state index in [-0.39, 0.29) is 10.8 Å². The van der Waals surface area contributed by atoms with Crippen molar-refractivity contribution in [3.8, 4) is 22.9 Å². The number of ether oxygens (including phenoxy) is 2. The molecule has 4 aromatic rings. The summed E-state index contributed by atoms with van der Waals surface area (Å²) in [6, 6.07) is 22.6. The van der Waals surface area contributed by atoms with Gasteiger partial charge in [0.25, 0.3) is 5.56 Å². The maximum absolute atomic E-state index is 12.8. The van der Waals surface area contributed by atoms with Crippen LogP contribution < -0.4 is 20.8 Å². The van der Waals surface area contributed by atoms with Crippen molar-refractivity contribution in [2.24, 2.45) is 15.9 Å². The third kappa shape index (κ3) is 7.02. The van der Waals surface area contributed by atoms with Crippen LogP contribution in [0, 0.1) is 6.92 Å². The summed E-state index contributed by atoms with van der Waals surface area (Å²) >= 11 is 7.77. The highest BCUT2D eigenvalue weighted by Crippen LogP contribution is 2.34. The van der Waals surface area contributed by atoms with E-state index < -0.39 is 5.56 Å². The number of hydrogen-bond acceptors (Lipinski definition) is 7. The van der Waals surface area contributed by atoms with Crippen molar-refractivity contribution in [3.05, 3.63) is 111 Å². The summed E-state index contributed by atoms with van der Waals surface area (Å²) in [5, 5.41) is 12.6. The van der Waals surface area contributed by atoms with Gasteiger partial charge in [0, 0.05) is 5.75 Å². The molecule has 38 heavy (non-hydrogen) atoms. The Morgan fingerprint density at radius 1 is 1.08 bits per heavy atom. The lowest BCUT2D eigenvalue weighted by molar-refractivity contribution is 0.321. The maximum Gasteiger partial charge on any atom is 0.294 e. The Hall–Kier alpha value is -4.08. The van der Waals surface area contributed by atoms with E-state index in [1.165, 1.54) is 22.6 Å². The standard InChI is InChI=1S/C28H26ClN5O3S/c1-3-36-24-15-21(16-31-33-28(30)38-18-20-7-5-4-6-8-20)11-14-23(24)37-25-17-32-34(27(35)26(25)29)22-12-9-19(2)10-13-22/h4-17H,3,18H2,1-2H3,(H2,30,33). The molecule has 0 amide bonds. The molecule has 0 bridgehead atoms. The molecule has 4 rings (SSSR count). The lowest BCUT2D eigenvalue weighted by atomic mass is 10.2. The number of benzene rings is 3. The molecule has 0 aliphatic rings. The van der Waals surface area contributed by atoms with E-state index in [0.29, 0.717) is 34.7 Å². The maximum atomic E-state index is 12.8. The first-order valence-electron chi connectivity index (χ1n) is 11.8. The predicted molar refractivity (Wildman–Crippen MR) is 154 cm³/mol. The van der Waals surface area contributed by atoms with E-state index >= 15 is 0 Å². The highest BCUT2D eigenvalue weighted by molar-refractivity contribution is 8.13. The molecule has 10 heteroatoms. The molecule has 0 aliphatic carbocycles. The van der Waals surface area contributed by atoms with Crippen LogP contribution >= 0.6 is 23.4 Å². The summed E-state index contributed by atoms with van der Waals surface area (Å²) in [6.45, 7) is 4.22. The topological polar surface area (TPSA) is 104 Å². The molecule has 0 saturated carbocycles. The second-order valence-electron chi connectivity index (χ2n) is 8.07. The number of amidine groups is 1. The van der Waals surface area contributed by atoms with Crippen LogP contribution in [-0.4, -0.2) is 27.8 Å². The second kappa shape index (κ2) is 12.9. The molecule has 3 aromatic carbocycles. The zero-order chi connectivity index (χ0) is 26.9. The van der Waals surface area contributed by atoms with Gasteiger partial charge in [-0.25, -0.2) is 0 Å². The Kier molecular flexibility index (Phi) is 9.18. The minimum Gasteiger partial charge on any atom is -0.490 e. The summed E-state index contributed by atoms with van der Waals surface area (Å²) in [6.07, 6.45) is 2.97. The van der Waals surface area contributed by atoms with Crippen molar-refractivity contribution < 1.29 is 9.47 Å². The first kappa shape index (κ1) is 27.0. The van der Waals surface area contributed by atoms with Gasteiger partial charge in [0.05, 0.1) is 24.7 Å². The van der Waals surface area contributed by atoms with Gasteiger partial charge in [-0.1, -0.05) is 71.4 Å². The molecular weight excluding hydrogens is 522 g/mol. The first-order chi connectivity index (χ1) is 18.4. The SMILES string of the molecule is CCOc1cc(C=NN=C(N)SCc2ccccc2)ccc1Oc1cnn(-c2ccc(C)cc2)c(=O)c1Cl. The number of aromatic nitrogens is 2. The normalized spacial score (nSPS) is 11.6. The number of aryl methyl sites for hydroxylation is 1. The fourth-order valence-corrected chi connectivity index (χ4v) is 4.13. The van der Waals surface area contributed by atoms with Gasteiger partial charge in [-0.2, -0.15) is 14.9 Å². The summed E-state index contributed by atoms with van der Waals surface area (Å²) in [4.78, 5) is 12.8. The van der Waals surface area contributed by atoms with Crippen molar-refractivity contribution in [3.63, 3.8) is 0 Å². The van der Waals surface area contributed by atoms with Crippen molar-refractivity contribution in [1.82, 2.24) is 9.78 Å². The average Bonchev–Trinajstić information content (AvgIpc) is 2.93. The Bertz CT molecular complexity index is 1510. The van der Waals surface area contributed by atoms with Gasteiger partial charge < -0.3 is 15.2 Å². The molecule has 8 nitrogen and oxygen atoms in total. The van der Waals surface area contributed by atoms with Gasteiger partial charge in [-0.3, -0.25) is 4.79 Å². The molecule has 0 unspecified atom stereocenters. The Morgan fingerprint density at radius 3 is 2.58 bits per heavy atom. The summed E-state index contributed by atoms with van der Waals surface area (Å²) in [5.41, 5.74) is 9.03. The quantitative estimate of drug-likeness (QED) is 0.157. The molecule has 2 N–H and O–H groups in total. The van der Waals surface area contributed by atoms with Gasteiger partial charge in [0.15, 0.2) is 27.4 Å². The van der Waals surface area contributed by atoms with E-state index in [1.807, 2.05) is 56.3 Å². The Morgan fingerprint density at radius 2 is 1.84 bits per heavy atom. The van der Waals surface area contributed by atoms with Crippen LogP contribution in [0.25, 0.3) is 5.69 Å². The van der Waals surface area contributed by atoms with Crippen molar-refractivity contribution in [1.29, 1.82) is 0 Å². The molecule has 0 radical (unpaired) electrons. The monoisotopic (exact) mass is 547 g/mol. The minimum absolute atomic E-state index is 0.0912. The molecule has 194 valence electrons. The lowest BCUT2D eigenvalue weighted by Crippen LogP contribution is -2.21. The van der Waals surface area contributed by atoms with Crippen LogP contribution in [0.15, 0.2) is 94.0 Å². The number of nitrogens with zero attached hydrogens (tertiary/aromatic N) is 4. The van der Waals surface area contributed by atoms with Crippen LogP contribution in [0.1, 0.15) is 23.6 Å². The lowest BCUT2D eigenvalue weighted by Gasteiger charge is -2.13. The summed E-state index contributed by atoms with van der Waals surface area (Å²) in [7, 11) is 0. The van der Waals surface area contributed by atoms with Gasteiger partial charge >= 0.3 is 0 Å². The Labute approximate surface area is 229 Å². The van der Waals surface area contributed by atoms with Crippen LogP contribution in [0.5, 0.6) is 17.2 Å². The fraction of sp³-hybridized carbons (Fsp3) is 0.143. The second-order valence-corrected chi connectivity index (χ2v) is 9.45. The van der Waals surface area contributed by atoms with Crippen LogP contribution in [0.4, 0.5) is 0 Å². The average molecular weight is 548 g/mol. The van der Waals surface area contributed by atoms with E-state index in [1.54, 1.807) is 36.5 Å². The molecule has 1 heterocycles. The molecule has 0 aliphatic heterocycles. The molecule has 0 spiro atoms.